The molecule has 0 saturated carbocycles. The number of hydrogen-bond acceptors (Lipinski definition) is 2. The summed E-state index contributed by atoms with van der Waals surface area (Å²) in [6.07, 6.45) is 1.14. The molecule has 2 rings (SSSR count). The Morgan fingerprint density at radius 1 is 1.25 bits per heavy atom. The number of carbonyl (C=O) groups is 1. The van der Waals surface area contributed by atoms with Gasteiger partial charge in [0.05, 0.1) is 0 Å². The molecule has 0 aliphatic rings. The Morgan fingerprint density at radius 2 is 1.90 bits per heavy atom. The lowest BCUT2D eigenvalue weighted by Crippen LogP contribution is -2.07. The van der Waals surface area contributed by atoms with E-state index in [0.717, 1.165) is 23.0 Å². The molecule has 0 spiro atoms. The quantitative estimate of drug-likeness (QED) is 0.865. The zero-order valence-electron chi connectivity index (χ0n) is 11.4. The van der Waals surface area contributed by atoms with E-state index in [0.29, 0.717) is 11.3 Å². The minimum Gasteiger partial charge on any atom is -0.322 e. The highest BCUT2D eigenvalue weighted by atomic mass is 19.1. The van der Waals surface area contributed by atoms with Gasteiger partial charge in [-0.1, -0.05) is 6.58 Å². The van der Waals surface area contributed by atoms with Crippen molar-refractivity contribution in [2.45, 2.75) is 13.8 Å². The van der Waals surface area contributed by atoms with Gasteiger partial charge in [0.15, 0.2) is 0 Å². The van der Waals surface area contributed by atoms with Crippen molar-refractivity contribution in [3.05, 3.63) is 60.2 Å². The predicted octanol–water partition coefficient (Wildman–Crippen LogP) is 3.63. The van der Waals surface area contributed by atoms with Crippen LogP contribution < -0.4 is 5.32 Å². The molecule has 1 aromatic heterocycles. The van der Waals surface area contributed by atoms with Crippen molar-refractivity contribution in [1.29, 1.82) is 0 Å². The monoisotopic (exact) mass is 270 g/mol. The summed E-state index contributed by atoms with van der Waals surface area (Å²) in [5.41, 5.74) is 3.33. The molecule has 0 bridgehead atoms. The van der Waals surface area contributed by atoms with Crippen LogP contribution in [0.15, 0.2) is 43.0 Å². The Labute approximate surface area is 117 Å². The number of amides is 1. The van der Waals surface area contributed by atoms with Crippen LogP contribution in [0.5, 0.6) is 0 Å². The molecule has 0 atom stereocenters. The summed E-state index contributed by atoms with van der Waals surface area (Å²) in [7, 11) is 0. The highest BCUT2D eigenvalue weighted by molar-refractivity contribution is 5.99. The van der Waals surface area contributed by atoms with Crippen LogP contribution in [-0.2, 0) is 4.79 Å². The van der Waals surface area contributed by atoms with Crippen molar-refractivity contribution >= 4 is 11.6 Å². The zero-order valence-corrected chi connectivity index (χ0v) is 11.4. The maximum Gasteiger partial charge on any atom is 0.247 e. The SMILES string of the molecule is C=CC(=O)Nc1ccc(-c2cc(C)nc(C)c2)c(F)c1. The first-order chi connectivity index (χ1) is 9.49. The molecule has 1 aromatic carbocycles. The van der Waals surface area contributed by atoms with Gasteiger partial charge in [0.2, 0.25) is 5.91 Å². The number of carbonyl (C=O) groups excluding carboxylic acids is 1. The minimum absolute atomic E-state index is 0.368. The number of halogens is 1. The van der Waals surface area contributed by atoms with Crippen LogP contribution in [0, 0.1) is 19.7 Å². The normalized spacial score (nSPS) is 10.2. The van der Waals surface area contributed by atoms with Crippen LogP contribution >= 0.6 is 0 Å². The summed E-state index contributed by atoms with van der Waals surface area (Å²) >= 11 is 0. The molecule has 1 heterocycles. The molecule has 0 unspecified atom stereocenters. The predicted molar refractivity (Wildman–Crippen MR) is 77.9 cm³/mol. The zero-order chi connectivity index (χ0) is 14.7. The van der Waals surface area contributed by atoms with E-state index in [4.69, 9.17) is 0 Å². The number of rotatable bonds is 3. The van der Waals surface area contributed by atoms with Gasteiger partial charge in [-0.25, -0.2) is 4.39 Å². The van der Waals surface area contributed by atoms with E-state index >= 15 is 0 Å². The molecular weight excluding hydrogens is 255 g/mol. The summed E-state index contributed by atoms with van der Waals surface area (Å²) in [4.78, 5) is 15.4. The van der Waals surface area contributed by atoms with Gasteiger partial charge in [-0.3, -0.25) is 9.78 Å². The largest absolute Gasteiger partial charge is 0.322 e. The molecule has 1 N–H and O–H groups in total. The average Bonchev–Trinajstić information content (AvgIpc) is 2.37. The number of nitrogens with one attached hydrogen (secondary N) is 1. The van der Waals surface area contributed by atoms with Crippen molar-refractivity contribution in [2.75, 3.05) is 5.32 Å². The van der Waals surface area contributed by atoms with E-state index in [-0.39, 0.29) is 5.91 Å². The van der Waals surface area contributed by atoms with Gasteiger partial charge in [-0.15, -0.1) is 0 Å². The van der Waals surface area contributed by atoms with E-state index in [1.54, 1.807) is 12.1 Å². The lowest BCUT2D eigenvalue weighted by atomic mass is 10.0. The highest BCUT2D eigenvalue weighted by Gasteiger charge is 2.08. The van der Waals surface area contributed by atoms with E-state index < -0.39 is 5.82 Å². The fraction of sp³-hybridized carbons (Fsp3) is 0.125. The lowest BCUT2D eigenvalue weighted by Gasteiger charge is -2.08. The van der Waals surface area contributed by atoms with Crippen LogP contribution in [0.25, 0.3) is 11.1 Å². The van der Waals surface area contributed by atoms with Gasteiger partial charge >= 0.3 is 0 Å². The average molecular weight is 270 g/mol. The highest BCUT2D eigenvalue weighted by Crippen LogP contribution is 2.26. The maximum absolute atomic E-state index is 14.2. The minimum atomic E-state index is -0.392. The number of nitrogens with zero attached hydrogens (tertiary/aromatic N) is 1. The molecule has 0 aliphatic heterocycles. The number of anilines is 1. The van der Waals surface area contributed by atoms with Crippen molar-refractivity contribution in [1.82, 2.24) is 4.98 Å². The van der Waals surface area contributed by atoms with E-state index in [1.807, 2.05) is 26.0 Å². The Bertz CT molecular complexity index is 660. The number of aryl methyl sites for hydroxylation is 2. The Kier molecular flexibility index (Phi) is 3.94. The van der Waals surface area contributed by atoms with Gasteiger partial charge in [0.25, 0.3) is 0 Å². The number of benzene rings is 1. The third-order valence-corrected chi connectivity index (χ3v) is 2.81. The Balaban J connectivity index is 2.38. The third kappa shape index (κ3) is 3.09. The lowest BCUT2D eigenvalue weighted by molar-refractivity contribution is -0.111. The summed E-state index contributed by atoms with van der Waals surface area (Å²) in [5.74, 6) is -0.760. The Morgan fingerprint density at radius 3 is 2.45 bits per heavy atom. The molecule has 2 aromatic rings. The van der Waals surface area contributed by atoms with Crippen LogP contribution in [0.2, 0.25) is 0 Å². The molecule has 0 fully saturated rings. The van der Waals surface area contributed by atoms with Crippen LogP contribution in [0.4, 0.5) is 10.1 Å². The van der Waals surface area contributed by atoms with Crippen LogP contribution in [0.3, 0.4) is 0 Å². The smallest absolute Gasteiger partial charge is 0.247 e. The van der Waals surface area contributed by atoms with Gasteiger partial charge < -0.3 is 5.32 Å². The Hall–Kier alpha value is -2.49. The van der Waals surface area contributed by atoms with Crippen molar-refractivity contribution in [3.63, 3.8) is 0 Å². The van der Waals surface area contributed by atoms with Crippen LogP contribution in [0.1, 0.15) is 11.4 Å². The second-order valence-corrected chi connectivity index (χ2v) is 4.53. The molecule has 0 aliphatic carbocycles. The van der Waals surface area contributed by atoms with E-state index in [1.165, 1.54) is 6.07 Å². The molecule has 4 heteroatoms. The first kappa shape index (κ1) is 13.9. The van der Waals surface area contributed by atoms with Crippen LogP contribution in [-0.4, -0.2) is 10.9 Å². The van der Waals surface area contributed by atoms with Crippen molar-refractivity contribution < 1.29 is 9.18 Å². The molecule has 0 saturated heterocycles. The first-order valence-corrected chi connectivity index (χ1v) is 6.18. The maximum atomic E-state index is 14.2. The summed E-state index contributed by atoms with van der Waals surface area (Å²) in [5, 5.41) is 2.52. The standard InChI is InChI=1S/C16H15FN2O/c1-4-16(20)19-13-5-6-14(15(17)9-13)12-7-10(2)18-11(3)8-12/h4-9H,1H2,2-3H3,(H,19,20). The molecule has 102 valence electrons. The molecular formula is C16H15FN2O. The number of pyridine rings is 1. The van der Waals surface area contributed by atoms with Gasteiger partial charge in [0.1, 0.15) is 5.82 Å². The summed E-state index contributed by atoms with van der Waals surface area (Å²) in [6, 6.07) is 8.25. The topological polar surface area (TPSA) is 42.0 Å². The molecule has 3 nitrogen and oxygen atoms in total. The molecule has 0 radical (unpaired) electrons. The first-order valence-electron chi connectivity index (χ1n) is 6.18. The van der Waals surface area contributed by atoms with Gasteiger partial charge in [-0.2, -0.15) is 0 Å². The van der Waals surface area contributed by atoms with Crippen molar-refractivity contribution in [2.24, 2.45) is 0 Å². The second-order valence-electron chi connectivity index (χ2n) is 4.53. The fourth-order valence-electron chi connectivity index (χ4n) is 2.01. The van der Waals surface area contributed by atoms with Crippen molar-refractivity contribution in [3.8, 4) is 11.1 Å². The fourth-order valence-corrected chi connectivity index (χ4v) is 2.01. The third-order valence-electron chi connectivity index (χ3n) is 2.81. The number of hydrogen-bond donors (Lipinski definition) is 1. The van der Waals surface area contributed by atoms with E-state index in [2.05, 4.69) is 16.9 Å². The molecule has 20 heavy (non-hydrogen) atoms. The second kappa shape index (κ2) is 5.65. The van der Waals surface area contributed by atoms with E-state index in [9.17, 15) is 9.18 Å². The van der Waals surface area contributed by atoms with Gasteiger partial charge in [-0.05, 0) is 55.8 Å². The summed E-state index contributed by atoms with van der Waals surface area (Å²) < 4.78 is 14.2. The number of aromatic nitrogens is 1. The van der Waals surface area contributed by atoms with Gasteiger partial charge in [0, 0.05) is 22.6 Å². The molecule has 1 amide bonds. The summed E-state index contributed by atoms with van der Waals surface area (Å²) in [6.45, 7) is 7.09.